The molecule has 0 atom stereocenters. The Morgan fingerprint density at radius 3 is 2.17 bits per heavy atom. The third kappa shape index (κ3) is 4.65. The predicted octanol–water partition coefficient (Wildman–Crippen LogP) is 6.81. The number of hydrogen-bond donors (Lipinski definition) is 1. The quantitative estimate of drug-likeness (QED) is 0.250. The Bertz CT molecular complexity index is 1450. The molecular formula is C29H24N2O4S. The zero-order valence-electron chi connectivity index (χ0n) is 19.9. The van der Waals surface area contributed by atoms with E-state index in [1.807, 2.05) is 84.9 Å². The van der Waals surface area contributed by atoms with E-state index < -0.39 is 5.97 Å². The van der Waals surface area contributed by atoms with Crippen LogP contribution in [0.15, 0.2) is 89.3 Å². The molecule has 0 radical (unpaired) electrons. The summed E-state index contributed by atoms with van der Waals surface area (Å²) < 4.78 is 11.9. The minimum Gasteiger partial charge on any atom is -0.465 e. The first-order chi connectivity index (χ1) is 17.5. The third-order valence-corrected chi connectivity index (χ3v) is 7.08. The van der Waals surface area contributed by atoms with Crippen molar-refractivity contribution in [1.82, 2.24) is 4.98 Å². The Morgan fingerprint density at radius 1 is 0.944 bits per heavy atom. The van der Waals surface area contributed by atoms with Gasteiger partial charge in [-0.25, -0.2) is 9.78 Å². The zero-order chi connectivity index (χ0) is 25.1. The van der Waals surface area contributed by atoms with Crippen molar-refractivity contribution in [2.75, 3.05) is 12.4 Å². The van der Waals surface area contributed by atoms with Crippen LogP contribution in [0.25, 0.3) is 20.8 Å². The number of aromatic nitrogens is 1. The molecule has 5 rings (SSSR count). The fourth-order valence-corrected chi connectivity index (χ4v) is 5.34. The zero-order valence-corrected chi connectivity index (χ0v) is 20.7. The third-order valence-electron chi connectivity index (χ3n) is 6.03. The highest BCUT2D eigenvalue weighted by atomic mass is 32.1. The van der Waals surface area contributed by atoms with Gasteiger partial charge in [-0.15, -0.1) is 11.3 Å². The molecule has 1 amide bonds. The van der Waals surface area contributed by atoms with E-state index in [1.54, 1.807) is 6.92 Å². The van der Waals surface area contributed by atoms with E-state index in [1.165, 1.54) is 18.4 Å². The van der Waals surface area contributed by atoms with Gasteiger partial charge in [0.05, 0.1) is 22.9 Å². The monoisotopic (exact) mass is 496 g/mol. The lowest BCUT2D eigenvalue weighted by atomic mass is 9.88. The molecule has 1 N–H and O–H groups in total. The lowest BCUT2D eigenvalue weighted by Gasteiger charge is -2.17. The minimum atomic E-state index is -0.544. The fraction of sp³-hybridized carbons (Fsp3) is 0.138. The van der Waals surface area contributed by atoms with Crippen molar-refractivity contribution in [1.29, 1.82) is 0 Å². The highest BCUT2D eigenvalue weighted by Gasteiger charge is 2.29. The average molecular weight is 497 g/mol. The molecule has 0 bridgehead atoms. The number of aryl methyl sites for hydroxylation is 1. The van der Waals surface area contributed by atoms with E-state index in [2.05, 4.69) is 5.32 Å². The molecule has 5 aromatic rings. The number of carbonyl (C=O) groups is 2. The van der Waals surface area contributed by atoms with Crippen LogP contribution in [-0.2, 0) is 9.53 Å². The summed E-state index contributed by atoms with van der Waals surface area (Å²) in [5, 5.41) is 3.49. The number of thiazole rings is 1. The number of fused-ring (bicyclic) bond motifs is 1. The molecule has 0 aliphatic heterocycles. The maximum atomic E-state index is 13.4. The van der Waals surface area contributed by atoms with Gasteiger partial charge in [0, 0.05) is 12.3 Å². The van der Waals surface area contributed by atoms with Crippen molar-refractivity contribution in [2.24, 2.45) is 0 Å². The van der Waals surface area contributed by atoms with E-state index in [9.17, 15) is 9.59 Å². The van der Waals surface area contributed by atoms with Crippen molar-refractivity contribution in [3.63, 3.8) is 0 Å². The van der Waals surface area contributed by atoms with Crippen LogP contribution >= 0.6 is 11.3 Å². The number of rotatable bonds is 7. The Hall–Kier alpha value is -4.23. The molecule has 2 aromatic heterocycles. The van der Waals surface area contributed by atoms with Crippen LogP contribution in [0.1, 0.15) is 39.6 Å². The molecule has 6 nitrogen and oxygen atoms in total. The molecule has 2 heterocycles. The van der Waals surface area contributed by atoms with Gasteiger partial charge < -0.3 is 9.15 Å². The molecule has 7 heteroatoms. The fourth-order valence-electron chi connectivity index (χ4n) is 4.33. The van der Waals surface area contributed by atoms with Crippen molar-refractivity contribution >= 4 is 39.3 Å². The molecule has 36 heavy (non-hydrogen) atoms. The summed E-state index contributed by atoms with van der Waals surface area (Å²) in [6.07, 6.45) is 0.195. The van der Waals surface area contributed by atoms with Crippen molar-refractivity contribution in [2.45, 2.75) is 19.3 Å². The van der Waals surface area contributed by atoms with E-state index in [-0.39, 0.29) is 29.7 Å². The van der Waals surface area contributed by atoms with Gasteiger partial charge in [-0.2, -0.15) is 0 Å². The number of ether oxygens (including phenoxy) is 1. The summed E-state index contributed by atoms with van der Waals surface area (Å²) in [4.78, 5) is 30.8. The van der Waals surface area contributed by atoms with Gasteiger partial charge in [-0.1, -0.05) is 72.8 Å². The minimum absolute atomic E-state index is 0.144. The lowest BCUT2D eigenvalue weighted by molar-refractivity contribution is -0.116. The number of amides is 1. The molecule has 3 aromatic carbocycles. The molecule has 0 aliphatic carbocycles. The standard InChI is InChI=1S/C29H24N2O4S/c1-18-25(29(33)34-2)26(28-30-22-15-9-10-16-23(22)36-28)27(35-18)31-24(32)17-21(19-11-5-3-6-12-19)20-13-7-4-8-14-20/h3-16,21H,17H2,1-2H3,(H,31,32). The molecule has 180 valence electrons. The van der Waals surface area contributed by atoms with Crippen LogP contribution in [0, 0.1) is 6.92 Å². The van der Waals surface area contributed by atoms with Crippen LogP contribution in [0.2, 0.25) is 0 Å². The summed E-state index contributed by atoms with van der Waals surface area (Å²) in [6.45, 7) is 1.68. The van der Waals surface area contributed by atoms with Crippen LogP contribution in [-0.4, -0.2) is 24.0 Å². The van der Waals surface area contributed by atoms with E-state index in [4.69, 9.17) is 14.1 Å². The van der Waals surface area contributed by atoms with Crippen LogP contribution < -0.4 is 5.32 Å². The van der Waals surface area contributed by atoms with Gasteiger partial charge in [0.25, 0.3) is 0 Å². The number of carbonyl (C=O) groups excluding carboxylic acids is 2. The first-order valence-electron chi connectivity index (χ1n) is 11.5. The Labute approximate surface area is 212 Å². The molecule has 0 saturated carbocycles. The maximum Gasteiger partial charge on any atom is 0.342 e. The molecule has 0 aliphatic rings. The number of benzene rings is 3. The molecule has 0 unspecified atom stereocenters. The summed E-state index contributed by atoms with van der Waals surface area (Å²) in [6, 6.07) is 27.5. The number of nitrogens with zero attached hydrogens (tertiary/aromatic N) is 1. The van der Waals surface area contributed by atoms with E-state index >= 15 is 0 Å². The number of anilines is 1. The first kappa shape index (κ1) is 23.5. The SMILES string of the molecule is COC(=O)c1c(C)oc(NC(=O)CC(c2ccccc2)c2ccccc2)c1-c1nc2ccccc2s1. The second kappa shape index (κ2) is 10.2. The number of furan rings is 1. The van der Waals surface area contributed by atoms with Crippen LogP contribution in [0.4, 0.5) is 5.88 Å². The summed E-state index contributed by atoms with van der Waals surface area (Å²) in [5.74, 6) is -0.377. The second-order valence-electron chi connectivity index (χ2n) is 8.34. The normalized spacial score (nSPS) is 11.1. The molecule has 0 fully saturated rings. The average Bonchev–Trinajstić information content (AvgIpc) is 3.48. The number of methoxy groups -OCH3 is 1. The van der Waals surface area contributed by atoms with Gasteiger partial charge >= 0.3 is 5.97 Å². The Morgan fingerprint density at radius 2 is 1.56 bits per heavy atom. The lowest BCUT2D eigenvalue weighted by Crippen LogP contribution is -2.16. The topological polar surface area (TPSA) is 81.4 Å². The van der Waals surface area contributed by atoms with Gasteiger partial charge in [-0.05, 0) is 30.2 Å². The Balaban J connectivity index is 1.51. The van der Waals surface area contributed by atoms with Crippen LogP contribution in [0.3, 0.4) is 0 Å². The number of hydrogen-bond acceptors (Lipinski definition) is 6. The molecule has 0 saturated heterocycles. The van der Waals surface area contributed by atoms with Crippen molar-refractivity contribution in [3.05, 3.63) is 107 Å². The van der Waals surface area contributed by atoms with Gasteiger partial charge in [0.2, 0.25) is 11.8 Å². The molecule has 0 spiro atoms. The smallest absolute Gasteiger partial charge is 0.342 e. The maximum absolute atomic E-state index is 13.4. The molecular weight excluding hydrogens is 472 g/mol. The van der Waals surface area contributed by atoms with Crippen LogP contribution in [0.5, 0.6) is 0 Å². The first-order valence-corrected chi connectivity index (χ1v) is 12.3. The highest BCUT2D eigenvalue weighted by molar-refractivity contribution is 7.21. The van der Waals surface area contributed by atoms with Crippen molar-refractivity contribution < 1.29 is 18.7 Å². The summed E-state index contributed by atoms with van der Waals surface area (Å²) in [5.41, 5.74) is 3.57. The number of esters is 1. The van der Waals surface area contributed by atoms with Crippen molar-refractivity contribution in [3.8, 4) is 10.6 Å². The van der Waals surface area contributed by atoms with E-state index in [0.717, 1.165) is 21.3 Å². The van der Waals surface area contributed by atoms with Gasteiger partial charge in [0.1, 0.15) is 16.3 Å². The summed E-state index contributed by atoms with van der Waals surface area (Å²) >= 11 is 1.42. The Kier molecular flexibility index (Phi) is 6.64. The number of para-hydroxylation sites is 1. The summed E-state index contributed by atoms with van der Waals surface area (Å²) in [7, 11) is 1.32. The largest absolute Gasteiger partial charge is 0.465 e. The van der Waals surface area contributed by atoms with E-state index in [0.29, 0.717) is 16.3 Å². The number of nitrogens with one attached hydrogen (secondary N) is 1. The van der Waals surface area contributed by atoms with Gasteiger partial charge in [-0.3, -0.25) is 10.1 Å². The predicted molar refractivity (Wildman–Crippen MR) is 141 cm³/mol. The van der Waals surface area contributed by atoms with Gasteiger partial charge in [0.15, 0.2) is 0 Å². The second-order valence-corrected chi connectivity index (χ2v) is 9.37. The highest BCUT2D eigenvalue weighted by Crippen LogP contribution is 2.41.